The minimum absolute atomic E-state index is 0.444. The molecule has 0 saturated carbocycles. The molecule has 0 spiro atoms. The fraction of sp³-hybridized carbons (Fsp3) is 1.00. The zero-order valence-electron chi connectivity index (χ0n) is 5.95. The number of ether oxygens (including phenoxy) is 1. The highest BCUT2D eigenvalue weighted by atomic mass is 19.4. The van der Waals surface area contributed by atoms with Crippen LogP contribution in [0.15, 0.2) is 0 Å². The Kier molecular flexibility index (Phi) is 2.72. The van der Waals surface area contributed by atoms with E-state index in [4.69, 9.17) is 0 Å². The van der Waals surface area contributed by atoms with Crippen molar-refractivity contribution < 1.29 is 17.9 Å². The maximum absolute atomic E-state index is 11.6. The summed E-state index contributed by atoms with van der Waals surface area (Å²) in [5, 5.41) is 2.63. The molecule has 2 nitrogen and oxygen atoms in total. The van der Waals surface area contributed by atoms with Crippen LogP contribution in [0.1, 0.15) is 19.3 Å². The van der Waals surface area contributed by atoms with Crippen molar-refractivity contribution >= 4 is 0 Å². The van der Waals surface area contributed by atoms with Crippen LogP contribution in [0.5, 0.6) is 0 Å². The van der Waals surface area contributed by atoms with Crippen LogP contribution in [0, 0.1) is 0 Å². The summed E-state index contributed by atoms with van der Waals surface area (Å²) in [7, 11) is 0. The summed E-state index contributed by atoms with van der Waals surface area (Å²) in [6.07, 6.45) is -3.16. The van der Waals surface area contributed by atoms with Crippen LogP contribution in [0.25, 0.3) is 0 Å². The lowest BCUT2D eigenvalue weighted by molar-refractivity contribution is -0.348. The van der Waals surface area contributed by atoms with Crippen LogP contribution in [-0.4, -0.2) is 19.1 Å². The van der Waals surface area contributed by atoms with Crippen molar-refractivity contribution in [1.29, 1.82) is 0 Å². The molecule has 1 saturated heterocycles. The van der Waals surface area contributed by atoms with Gasteiger partial charge in [-0.25, -0.2) is 0 Å². The summed E-state index contributed by atoms with van der Waals surface area (Å²) in [6, 6.07) is 0. The van der Waals surface area contributed by atoms with E-state index in [1.807, 2.05) is 0 Å². The van der Waals surface area contributed by atoms with Gasteiger partial charge in [-0.3, -0.25) is 10.1 Å². The largest absolute Gasteiger partial charge is 0.524 e. The minimum Gasteiger partial charge on any atom is -0.292 e. The third-order valence-corrected chi connectivity index (χ3v) is 1.54. The number of hydrogen-bond donors (Lipinski definition) is 1. The molecule has 0 amide bonds. The zero-order valence-corrected chi connectivity index (χ0v) is 5.95. The van der Waals surface area contributed by atoms with Crippen molar-refractivity contribution in [2.24, 2.45) is 0 Å². The van der Waals surface area contributed by atoms with E-state index in [-0.39, 0.29) is 0 Å². The number of hydrogen-bond acceptors (Lipinski definition) is 2. The molecule has 0 aromatic rings. The second-order valence-corrected chi connectivity index (χ2v) is 2.50. The zero-order chi connectivity index (χ0) is 8.32. The Labute approximate surface area is 62.7 Å². The first-order chi connectivity index (χ1) is 5.08. The van der Waals surface area contributed by atoms with E-state index in [1.165, 1.54) is 0 Å². The summed E-state index contributed by atoms with van der Waals surface area (Å²) in [6.45, 7) is 0.612. The first-order valence-electron chi connectivity index (χ1n) is 3.56. The molecule has 1 N–H and O–H groups in total. The van der Waals surface area contributed by atoms with Gasteiger partial charge in [0.25, 0.3) is 0 Å². The molecule has 5 heteroatoms. The van der Waals surface area contributed by atoms with E-state index >= 15 is 0 Å². The molecule has 1 unspecified atom stereocenters. The van der Waals surface area contributed by atoms with Crippen LogP contribution in [0.4, 0.5) is 13.2 Å². The van der Waals surface area contributed by atoms with Crippen LogP contribution in [0.3, 0.4) is 0 Å². The number of halogens is 3. The molecular weight excluding hydrogens is 159 g/mol. The van der Waals surface area contributed by atoms with Gasteiger partial charge >= 0.3 is 6.36 Å². The van der Waals surface area contributed by atoms with Crippen LogP contribution < -0.4 is 5.32 Å². The van der Waals surface area contributed by atoms with E-state index in [9.17, 15) is 13.2 Å². The van der Waals surface area contributed by atoms with Gasteiger partial charge in [-0.05, 0) is 25.8 Å². The van der Waals surface area contributed by atoms with Gasteiger partial charge in [0.15, 0.2) is 0 Å². The standard InChI is InChI=1S/C6H10F3NO/c7-6(8,9)11-5-3-1-2-4-10-5/h5,10H,1-4H2. The van der Waals surface area contributed by atoms with Gasteiger partial charge in [0, 0.05) is 0 Å². The maximum Gasteiger partial charge on any atom is 0.524 e. The average molecular weight is 169 g/mol. The number of alkyl halides is 3. The lowest BCUT2D eigenvalue weighted by atomic mass is 10.1. The smallest absolute Gasteiger partial charge is 0.292 e. The van der Waals surface area contributed by atoms with Gasteiger partial charge in [-0.2, -0.15) is 0 Å². The average Bonchev–Trinajstić information content (AvgIpc) is 1.85. The summed E-state index contributed by atoms with van der Waals surface area (Å²) in [4.78, 5) is 0. The molecule has 0 radical (unpaired) electrons. The number of piperidine rings is 1. The second-order valence-electron chi connectivity index (χ2n) is 2.50. The predicted octanol–water partition coefficient (Wildman–Crippen LogP) is 1.62. The monoisotopic (exact) mass is 169 g/mol. The molecule has 11 heavy (non-hydrogen) atoms. The topological polar surface area (TPSA) is 21.3 Å². The Morgan fingerprint density at radius 1 is 1.27 bits per heavy atom. The Morgan fingerprint density at radius 2 is 2.00 bits per heavy atom. The maximum atomic E-state index is 11.6. The van der Waals surface area contributed by atoms with Gasteiger partial charge in [0.05, 0.1) is 0 Å². The molecule has 0 bridgehead atoms. The molecule has 0 aromatic heterocycles. The van der Waals surface area contributed by atoms with Crippen molar-refractivity contribution in [3.05, 3.63) is 0 Å². The van der Waals surface area contributed by atoms with Crippen molar-refractivity contribution in [2.75, 3.05) is 6.54 Å². The molecule has 1 aliphatic rings. The molecular formula is C6H10F3NO. The Morgan fingerprint density at radius 3 is 2.45 bits per heavy atom. The molecule has 1 atom stereocenters. The van der Waals surface area contributed by atoms with E-state index in [2.05, 4.69) is 10.1 Å². The molecule has 66 valence electrons. The summed E-state index contributed by atoms with van der Waals surface area (Å²) < 4.78 is 38.5. The van der Waals surface area contributed by atoms with E-state index in [0.29, 0.717) is 13.0 Å². The highest BCUT2D eigenvalue weighted by Gasteiger charge is 2.33. The third kappa shape index (κ3) is 3.57. The van der Waals surface area contributed by atoms with Gasteiger partial charge in [0.1, 0.15) is 6.23 Å². The number of rotatable bonds is 1. The molecule has 1 rings (SSSR count). The molecule has 1 heterocycles. The fourth-order valence-corrected chi connectivity index (χ4v) is 1.08. The Hall–Kier alpha value is -0.290. The summed E-state index contributed by atoms with van der Waals surface area (Å²) >= 11 is 0. The SMILES string of the molecule is FC(F)(F)OC1CCCCN1. The van der Waals surface area contributed by atoms with Gasteiger partial charge in [-0.15, -0.1) is 13.2 Å². The van der Waals surface area contributed by atoms with Crippen molar-refractivity contribution in [3.8, 4) is 0 Å². The first kappa shape index (κ1) is 8.80. The lowest BCUT2D eigenvalue weighted by Crippen LogP contribution is -2.39. The first-order valence-corrected chi connectivity index (χ1v) is 3.56. The minimum atomic E-state index is -4.50. The quantitative estimate of drug-likeness (QED) is 0.644. The fourth-order valence-electron chi connectivity index (χ4n) is 1.08. The molecule has 0 aromatic carbocycles. The summed E-state index contributed by atoms with van der Waals surface area (Å²) in [5.41, 5.74) is 0. The van der Waals surface area contributed by atoms with Gasteiger partial charge < -0.3 is 0 Å². The predicted molar refractivity (Wildman–Crippen MR) is 32.8 cm³/mol. The van der Waals surface area contributed by atoms with Crippen molar-refractivity contribution in [2.45, 2.75) is 31.9 Å². The highest BCUT2D eigenvalue weighted by Crippen LogP contribution is 2.21. The second kappa shape index (κ2) is 3.40. The van der Waals surface area contributed by atoms with Gasteiger partial charge in [-0.1, -0.05) is 0 Å². The molecule has 1 fully saturated rings. The highest BCUT2D eigenvalue weighted by molar-refractivity contribution is 4.63. The third-order valence-electron chi connectivity index (χ3n) is 1.54. The van der Waals surface area contributed by atoms with Crippen molar-refractivity contribution in [1.82, 2.24) is 5.32 Å². The Balaban J connectivity index is 2.24. The normalized spacial score (nSPS) is 27.0. The van der Waals surface area contributed by atoms with E-state index in [1.54, 1.807) is 0 Å². The number of nitrogens with one attached hydrogen (secondary N) is 1. The molecule has 0 aliphatic carbocycles. The summed E-state index contributed by atoms with van der Waals surface area (Å²) in [5.74, 6) is 0. The van der Waals surface area contributed by atoms with E-state index in [0.717, 1.165) is 12.8 Å². The molecule has 1 aliphatic heterocycles. The van der Waals surface area contributed by atoms with Crippen LogP contribution in [0.2, 0.25) is 0 Å². The van der Waals surface area contributed by atoms with Crippen molar-refractivity contribution in [3.63, 3.8) is 0 Å². The lowest BCUT2D eigenvalue weighted by Gasteiger charge is -2.24. The van der Waals surface area contributed by atoms with Crippen LogP contribution in [-0.2, 0) is 4.74 Å². The van der Waals surface area contributed by atoms with Crippen LogP contribution >= 0.6 is 0 Å². The Bertz CT molecular complexity index is 119. The van der Waals surface area contributed by atoms with E-state index < -0.39 is 12.6 Å². The van der Waals surface area contributed by atoms with Gasteiger partial charge in [0.2, 0.25) is 0 Å².